The molecule has 21 heavy (non-hydrogen) atoms. The highest BCUT2D eigenvalue weighted by Crippen LogP contribution is 2.33. The first kappa shape index (κ1) is 15.4. The summed E-state index contributed by atoms with van der Waals surface area (Å²) in [6.45, 7) is 0.350. The number of ether oxygens (including phenoxy) is 3. The summed E-state index contributed by atoms with van der Waals surface area (Å²) in [5.74, 6) is 1.93. The van der Waals surface area contributed by atoms with Gasteiger partial charge < -0.3 is 14.2 Å². The lowest BCUT2D eigenvalue weighted by Crippen LogP contribution is -1.99. The van der Waals surface area contributed by atoms with E-state index in [1.54, 1.807) is 32.4 Å². The summed E-state index contributed by atoms with van der Waals surface area (Å²) in [4.78, 5) is 10.7. The summed E-state index contributed by atoms with van der Waals surface area (Å²) in [6, 6.07) is 10.7. The molecule has 0 bridgehead atoms. The zero-order valence-electron chi connectivity index (χ0n) is 11.8. The van der Waals surface area contributed by atoms with Crippen molar-refractivity contribution in [3.05, 3.63) is 52.0 Å². The quantitative estimate of drug-likeness (QED) is 0.742. The molecule has 0 amide bonds. The standard InChI is InChI=1S/C16H15BrO4/c1-19-15-7-12(14(17)8-16(15)20-2)10-21-13-5-3-4-11(6-13)9-18/h3-9H,10H2,1-2H3. The zero-order valence-corrected chi connectivity index (χ0v) is 13.3. The smallest absolute Gasteiger partial charge is 0.161 e. The summed E-state index contributed by atoms with van der Waals surface area (Å²) in [5, 5.41) is 0. The van der Waals surface area contributed by atoms with Crippen molar-refractivity contribution in [2.75, 3.05) is 14.2 Å². The average Bonchev–Trinajstić information content (AvgIpc) is 2.53. The number of halogens is 1. The van der Waals surface area contributed by atoms with Crippen LogP contribution in [0.3, 0.4) is 0 Å². The Morgan fingerprint density at radius 2 is 1.81 bits per heavy atom. The number of hydrogen-bond donors (Lipinski definition) is 0. The molecule has 5 heteroatoms. The maximum atomic E-state index is 10.7. The fourth-order valence-corrected chi connectivity index (χ4v) is 2.28. The molecule has 0 atom stereocenters. The van der Waals surface area contributed by atoms with Crippen molar-refractivity contribution in [3.63, 3.8) is 0 Å². The Hall–Kier alpha value is -2.01. The van der Waals surface area contributed by atoms with Crippen LogP contribution in [-0.4, -0.2) is 20.5 Å². The predicted molar refractivity (Wildman–Crippen MR) is 83.4 cm³/mol. The molecular formula is C16H15BrO4. The third-order valence-electron chi connectivity index (χ3n) is 2.94. The van der Waals surface area contributed by atoms with Gasteiger partial charge in [0.05, 0.1) is 14.2 Å². The number of benzene rings is 2. The molecule has 110 valence electrons. The summed E-state index contributed by atoms with van der Waals surface area (Å²) in [5.41, 5.74) is 1.50. The Morgan fingerprint density at radius 1 is 1.10 bits per heavy atom. The van der Waals surface area contributed by atoms with Crippen LogP contribution in [0.15, 0.2) is 40.9 Å². The number of methoxy groups -OCH3 is 2. The van der Waals surface area contributed by atoms with E-state index in [0.717, 1.165) is 16.3 Å². The van der Waals surface area contributed by atoms with E-state index in [1.807, 2.05) is 18.2 Å². The number of hydrogen-bond acceptors (Lipinski definition) is 4. The van der Waals surface area contributed by atoms with Crippen molar-refractivity contribution in [1.82, 2.24) is 0 Å². The first-order chi connectivity index (χ1) is 10.2. The van der Waals surface area contributed by atoms with Gasteiger partial charge in [-0.2, -0.15) is 0 Å². The molecule has 0 aliphatic heterocycles. The maximum absolute atomic E-state index is 10.7. The zero-order chi connectivity index (χ0) is 15.2. The van der Waals surface area contributed by atoms with Gasteiger partial charge >= 0.3 is 0 Å². The minimum absolute atomic E-state index is 0.350. The van der Waals surface area contributed by atoms with E-state index in [0.29, 0.717) is 29.4 Å². The van der Waals surface area contributed by atoms with Crippen LogP contribution in [0.25, 0.3) is 0 Å². The van der Waals surface area contributed by atoms with Crippen LogP contribution in [0.5, 0.6) is 17.2 Å². The van der Waals surface area contributed by atoms with Gasteiger partial charge in [0.1, 0.15) is 18.6 Å². The predicted octanol–water partition coefficient (Wildman–Crippen LogP) is 3.86. The van der Waals surface area contributed by atoms with E-state index < -0.39 is 0 Å². The topological polar surface area (TPSA) is 44.8 Å². The molecule has 0 spiro atoms. The van der Waals surface area contributed by atoms with Crippen LogP contribution in [0.1, 0.15) is 15.9 Å². The molecule has 0 saturated heterocycles. The van der Waals surface area contributed by atoms with Crippen molar-refractivity contribution >= 4 is 22.2 Å². The van der Waals surface area contributed by atoms with E-state index in [-0.39, 0.29) is 0 Å². The lowest BCUT2D eigenvalue weighted by atomic mass is 10.2. The molecule has 0 saturated carbocycles. The molecule has 2 rings (SSSR count). The van der Waals surface area contributed by atoms with Crippen LogP contribution >= 0.6 is 15.9 Å². The van der Waals surface area contributed by atoms with Crippen molar-refractivity contribution in [2.45, 2.75) is 6.61 Å². The van der Waals surface area contributed by atoms with Gasteiger partial charge in [0.15, 0.2) is 11.5 Å². The second-order valence-corrected chi connectivity index (χ2v) is 5.13. The van der Waals surface area contributed by atoms with Gasteiger partial charge in [0, 0.05) is 15.6 Å². The van der Waals surface area contributed by atoms with Crippen LogP contribution in [0.4, 0.5) is 0 Å². The van der Waals surface area contributed by atoms with E-state index in [4.69, 9.17) is 14.2 Å². The van der Waals surface area contributed by atoms with Gasteiger partial charge in [0.2, 0.25) is 0 Å². The normalized spacial score (nSPS) is 10.0. The monoisotopic (exact) mass is 350 g/mol. The highest BCUT2D eigenvalue weighted by Gasteiger charge is 2.10. The van der Waals surface area contributed by atoms with Crippen LogP contribution < -0.4 is 14.2 Å². The highest BCUT2D eigenvalue weighted by atomic mass is 79.9. The molecule has 0 fully saturated rings. The Kier molecular flexibility index (Phi) is 5.22. The molecule has 2 aromatic rings. The Morgan fingerprint density at radius 3 is 2.48 bits per heavy atom. The molecule has 0 unspecified atom stereocenters. The number of carbonyl (C=O) groups excluding carboxylic acids is 1. The fraction of sp³-hybridized carbons (Fsp3) is 0.188. The third kappa shape index (κ3) is 3.76. The second-order valence-electron chi connectivity index (χ2n) is 4.28. The van der Waals surface area contributed by atoms with Gasteiger partial charge in [-0.1, -0.05) is 28.1 Å². The van der Waals surface area contributed by atoms with Gasteiger partial charge in [-0.15, -0.1) is 0 Å². The SMILES string of the molecule is COc1cc(Br)c(COc2cccc(C=O)c2)cc1OC. The lowest BCUT2D eigenvalue weighted by Gasteiger charge is -2.13. The van der Waals surface area contributed by atoms with Gasteiger partial charge in [-0.25, -0.2) is 0 Å². The van der Waals surface area contributed by atoms with Crippen LogP contribution in [-0.2, 0) is 6.61 Å². The van der Waals surface area contributed by atoms with Crippen molar-refractivity contribution in [2.24, 2.45) is 0 Å². The highest BCUT2D eigenvalue weighted by molar-refractivity contribution is 9.10. The summed E-state index contributed by atoms with van der Waals surface area (Å²) in [7, 11) is 3.18. The van der Waals surface area contributed by atoms with E-state index in [1.165, 1.54) is 0 Å². The summed E-state index contributed by atoms with van der Waals surface area (Å²) >= 11 is 3.48. The van der Waals surface area contributed by atoms with Gasteiger partial charge in [-0.3, -0.25) is 4.79 Å². The maximum Gasteiger partial charge on any atom is 0.161 e. The van der Waals surface area contributed by atoms with Crippen molar-refractivity contribution in [1.29, 1.82) is 0 Å². The molecule has 0 aliphatic carbocycles. The first-order valence-electron chi connectivity index (χ1n) is 6.26. The van der Waals surface area contributed by atoms with E-state index in [2.05, 4.69) is 15.9 Å². The number of carbonyl (C=O) groups is 1. The van der Waals surface area contributed by atoms with Gasteiger partial charge in [0.25, 0.3) is 0 Å². The van der Waals surface area contributed by atoms with Crippen LogP contribution in [0.2, 0.25) is 0 Å². The Balaban J connectivity index is 2.17. The second kappa shape index (κ2) is 7.13. The van der Waals surface area contributed by atoms with Crippen LogP contribution in [0, 0.1) is 0 Å². The average molecular weight is 351 g/mol. The minimum atomic E-state index is 0.350. The molecule has 2 aromatic carbocycles. The van der Waals surface area contributed by atoms with Crippen molar-refractivity contribution < 1.29 is 19.0 Å². The lowest BCUT2D eigenvalue weighted by molar-refractivity contribution is 0.112. The molecule has 0 aromatic heterocycles. The van der Waals surface area contributed by atoms with E-state index in [9.17, 15) is 4.79 Å². The first-order valence-corrected chi connectivity index (χ1v) is 7.05. The minimum Gasteiger partial charge on any atom is -0.493 e. The van der Waals surface area contributed by atoms with Gasteiger partial charge in [-0.05, 0) is 24.3 Å². The molecule has 0 aliphatic rings. The Labute approximate surface area is 131 Å². The molecule has 0 radical (unpaired) electrons. The summed E-state index contributed by atoms with van der Waals surface area (Å²) in [6.07, 6.45) is 0.791. The number of aldehydes is 1. The third-order valence-corrected chi connectivity index (χ3v) is 3.68. The largest absolute Gasteiger partial charge is 0.493 e. The molecule has 0 N–H and O–H groups in total. The Bertz CT molecular complexity index is 640. The van der Waals surface area contributed by atoms with Crippen molar-refractivity contribution in [3.8, 4) is 17.2 Å². The number of rotatable bonds is 6. The molecule has 4 nitrogen and oxygen atoms in total. The fourth-order valence-electron chi connectivity index (χ4n) is 1.85. The summed E-state index contributed by atoms with van der Waals surface area (Å²) < 4.78 is 17.1. The molecular weight excluding hydrogens is 336 g/mol. The molecule has 0 heterocycles. The van der Waals surface area contributed by atoms with E-state index >= 15 is 0 Å².